The lowest BCUT2D eigenvalue weighted by atomic mass is 10.1. The van der Waals surface area contributed by atoms with E-state index in [-0.39, 0.29) is 6.61 Å². The second-order valence-corrected chi connectivity index (χ2v) is 7.77. The third kappa shape index (κ3) is 5.66. The Bertz CT molecular complexity index is 660. The Labute approximate surface area is 159 Å². The smallest absolute Gasteiger partial charge is 0.0446 e. The highest BCUT2D eigenvalue weighted by atomic mass is 35.5. The minimum Gasteiger partial charge on any atom is -0.396 e. The van der Waals surface area contributed by atoms with Gasteiger partial charge < -0.3 is 5.11 Å². The van der Waals surface area contributed by atoms with Gasteiger partial charge in [-0.1, -0.05) is 41.9 Å². The van der Waals surface area contributed by atoms with Gasteiger partial charge in [-0.05, 0) is 40.5 Å². The van der Waals surface area contributed by atoms with Crippen LogP contribution in [0.2, 0.25) is 0 Å². The van der Waals surface area contributed by atoms with Crippen LogP contribution in [0, 0.1) is 0 Å². The van der Waals surface area contributed by atoms with Crippen LogP contribution in [0.4, 0.5) is 0 Å². The van der Waals surface area contributed by atoms with Gasteiger partial charge in [0.2, 0.25) is 0 Å². The molecule has 0 aliphatic carbocycles. The number of aliphatic hydroxyl groups is 1. The van der Waals surface area contributed by atoms with Crippen LogP contribution in [0.15, 0.2) is 52.2 Å². The molecule has 1 atom stereocenters. The summed E-state index contributed by atoms with van der Waals surface area (Å²) in [6.45, 7) is 4.93. The van der Waals surface area contributed by atoms with Crippen molar-refractivity contribution < 1.29 is 5.11 Å². The first-order chi connectivity index (χ1) is 12.2. The van der Waals surface area contributed by atoms with Crippen molar-refractivity contribution in [2.75, 3.05) is 32.8 Å². The molecule has 2 heterocycles. The molecule has 1 aliphatic rings. The summed E-state index contributed by atoms with van der Waals surface area (Å²) in [4.78, 5) is 4.88. The lowest BCUT2D eigenvalue weighted by molar-refractivity contribution is 0.0593. The van der Waals surface area contributed by atoms with Crippen molar-refractivity contribution in [3.05, 3.63) is 63.3 Å². The Kier molecular flexibility index (Phi) is 7.08. The summed E-state index contributed by atoms with van der Waals surface area (Å²) in [7, 11) is 0. The number of hydrogen-bond acceptors (Lipinski definition) is 4. The highest BCUT2D eigenvalue weighted by molar-refractivity contribution is 7.07. The van der Waals surface area contributed by atoms with Gasteiger partial charge in [-0.2, -0.15) is 11.3 Å². The monoisotopic (exact) mass is 376 g/mol. The van der Waals surface area contributed by atoms with Crippen LogP contribution < -0.4 is 0 Å². The van der Waals surface area contributed by atoms with Gasteiger partial charge in [0.05, 0.1) is 0 Å². The SMILES string of the molecule is OCC[C@H]1CN(C/C(Cl)=C/c2ccccc2)CCN1Cc1ccsc1. The molecule has 134 valence electrons. The molecule has 25 heavy (non-hydrogen) atoms. The van der Waals surface area contributed by atoms with Crippen molar-refractivity contribution in [1.82, 2.24) is 9.80 Å². The van der Waals surface area contributed by atoms with Gasteiger partial charge in [0.15, 0.2) is 0 Å². The highest BCUT2D eigenvalue weighted by Crippen LogP contribution is 2.20. The summed E-state index contributed by atoms with van der Waals surface area (Å²) < 4.78 is 0. The van der Waals surface area contributed by atoms with E-state index in [0.717, 1.165) is 49.7 Å². The largest absolute Gasteiger partial charge is 0.396 e. The molecule has 0 spiro atoms. The third-order valence-electron chi connectivity index (χ3n) is 4.61. The number of benzene rings is 1. The van der Waals surface area contributed by atoms with E-state index in [1.54, 1.807) is 11.3 Å². The first kappa shape index (κ1) is 18.6. The lowest BCUT2D eigenvalue weighted by Crippen LogP contribution is -2.53. The van der Waals surface area contributed by atoms with Crippen molar-refractivity contribution in [3.63, 3.8) is 0 Å². The summed E-state index contributed by atoms with van der Waals surface area (Å²) in [6.07, 6.45) is 2.85. The van der Waals surface area contributed by atoms with Crippen LogP contribution in [-0.4, -0.2) is 53.7 Å². The zero-order chi connectivity index (χ0) is 17.5. The van der Waals surface area contributed by atoms with Gasteiger partial charge >= 0.3 is 0 Å². The Balaban J connectivity index is 1.58. The molecule has 1 aromatic heterocycles. The molecule has 1 N–H and O–H groups in total. The average Bonchev–Trinajstić information content (AvgIpc) is 3.11. The van der Waals surface area contributed by atoms with Crippen LogP contribution in [0.1, 0.15) is 17.5 Å². The van der Waals surface area contributed by atoms with Gasteiger partial charge in [-0.25, -0.2) is 0 Å². The molecule has 2 aromatic rings. The Morgan fingerprint density at radius 3 is 2.80 bits per heavy atom. The van der Waals surface area contributed by atoms with E-state index in [1.807, 2.05) is 24.3 Å². The minimum atomic E-state index is 0.228. The van der Waals surface area contributed by atoms with E-state index in [0.29, 0.717) is 6.04 Å². The quantitative estimate of drug-likeness (QED) is 0.794. The first-order valence-corrected chi connectivity index (χ1v) is 10.1. The molecule has 3 rings (SSSR count). The maximum absolute atomic E-state index is 9.44. The fraction of sp³-hybridized carbons (Fsp3) is 0.400. The van der Waals surface area contributed by atoms with Gasteiger partial charge in [0.1, 0.15) is 0 Å². The van der Waals surface area contributed by atoms with Gasteiger partial charge in [-0.15, -0.1) is 0 Å². The zero-order valence-corrected chi connectivity index (χ0v) is 15.9. The number of rotatable bonds is 7. The molecular weight excluding hydrogens is 352 g/mol. The molecule has 0 bridgehead atoms. The number of aliphatic hydroxyl groups excluding tert-OH is 1. The lowest BCUT2D eigenvalue weighted by Gasteiger charge is -2.41. The van der Waals surface area contributed by atoms with Crippen LogP contribution in [-0.2, 0) is 6.54 Å². The van der Waals surface area contributed by atoms with E-state index in [4.69, 9.17) is 11.6 Å². The van der Waals surface area contributed by atoms with Crippen LogP contribution in [0.25, 0.3) is 6.08 Å². The highest BCUT2D eigenvalue weighted by Gasteiger charge is 2.26. The fourth-order valence-corrected chi connectivity index (χ4v) is 4.29. The second kappa shape index (κ2) is 9.51. The number of hydrogen-bond donors (Lipinski definition) is 1. The molecule has 3 nitrogen and oxygen atoms in total. The Hall–Kier alpha value is -1.17. The van der Waals surface area contributed by atoms with Crippen molar-refractivity contribution in [2.24, 2.45) is 0 Å². The number of piperazine rings is 1. The van der Waals surface area contributed by atoms with E-state index in [2.05, 4.69) is 38.8 Å². The number of nitrogens with zero attached hydrogens (tertiary/aromatic N) is 2. The fourth-order valence-electron chi connectivity index (χ4n) is 3.34. The molecule has 1 fully saturated rings. The van der Waals surface area contributed by atoms with Crippen LogP contribution in [0.3, 0.4) is 0 Å². The molecule has 1 aromatic carbocycles. The van der Waals surface area contributed by atoms with E-state index < -0.39 is 0 Å². The molecule has 1 saturated heterocycles. The molecule has 0 amide bonds. The topological polar surface area (TPSA) is 26.7 Å². The number of halogens is 1. The van der Waals surface area contributed by atoms with E-state index in [9.17, 15) is 5.11 Å². The van der Waals surface area contributed by atoms with E-state index in [1.165, 1.54) is 5.56 Å². The molecule has 0 unspecified atom stereocenters. The predicted molar refractivity (Wildman–Crippen MR) is 107 cm³/mol. The maximum Gasteiger partial charge on any atom is 0.0446 e. The van der Waals surface area contributed by atoms with Gasteiger partial charge in [-0.3, -0.25) is 9.80 Å². The average molecular weight is 377 g/mol. The van der Waals surface area contributed by atoms with Crippen LogP contribution in [0.5, 0.6) is 0 Å². The van der Waals surface area contributed by atoms with Crippen molar-refractivity contribution >= 4 is 29.0 Å². The zero-order valence-electron chi connectivity index (χ0n) is 14.4. The first-order valence-electron chi connectivity index (χ1n) is 8.74. The Morgan fingerprint density at radius 2 is 2.08 bits per heavy atom. The standard InChI is InChI=1S/C20H25ClN2OS/c21-19(12-17-4-2-1-3-5-17)14-22-8-9-23(20(15-22)6-10-24)13-18-7-11-25-16-18/h1-5,7,11-12,16,20,24H,6,8-10,13-15H2/b19-12-/t20-/m0/s1. The Morgan fingerprint density at radius 1 is 1.24 bits per heavy atom. The van der Waals surface area contributed by atoms with Crippen molar-refractivity contribution in [3.8, 4) is 0 Å². The van der Waals surface area contributed by atoms with E-state index >= 15 is 0 Å². The maximum atomic E-state index is 9.44. The molecule has 5 heteroatoms. The molecule has 0 saturated carbocycles. The van der Waals surface area contributed by atoms with Crippen LogP contribution >= 0.6 is 22.9 Å². The van der Waals surface area contributed by atoms with Crippen molar-refractivity contribution in [1.29, 1.82) is 0 Å². The summed E-state index contributed by atoms with van der Waals surface area (Å²) in [5, 5.41) is 14.6. The summed E-state index contributed by atoms with van der Waals surface area (Å²) >= 11 is 8.22. The third-order valence-corrected chi connectivity index (χ3v) is 5.58. The van der Waals surface area contributed by atoms with Gasteiger partial charge in [0, 0.05) is 50.4 Å². The second-order valence-electron chi connectivity index (χ2n) is 6.51. The normalized spacial score (nSPS) is 20.1. The molecular formula is C20H25ClN2OS. The number of thiophene rings is 1. The van der Waals surface area contributed by atoms with Gasteiger partial charge in [0.25, 0.3) is 0 Å². The summed E-state index contributed by atoms with van der Waals surface area (Å²) in [5.41, 5.74) is 2.50. The summed E-state index contributed by atoms with van der Waals surface area (Å²) in [5.74, 6) is 0. The van der Waals surface area contributed by atoms with Crippen molar-refractivity contribution in [2.45, 2.75) is 19.0 Å². The predicted octanol–water partition coefficient (Wildman–Crippen LogP) is 3.90. The molecule has 0 radical (unpaired) electrons. The summed E-state index contributed by atoms with van der Waals surface area (Å²) in [6, 6.07) is 12.8. The molecule has 1 aliphatic heterocycles. The minimum absolute atomic E-state index is 0.228.